The zero-order chi connectivity index (χ0) is 14.9. The lowest BCUT2D eigenvalue weighted by Crippen LogP contribution is -2.29. The lowest BCUT2D eigenvalue weighted by molar-refractivity contribution is 0.0930. The van der Waals surface area contributed by atoms with Gasteiger partial charge in [0.25, 0.3) is 5.91 Å². The molecule has 106 valence electrons. The molecule has 0 aliphatic rings. The molecule has 1 aromatic carbocycles. The summed E-state index contributed by atoms with van der Waals surface area (Å²) in [4.78, 5) is 12.1. The first-order valence-electron chi connectivity index (χ1n) is 5.96. The normalized spacial score (nSPS) is 12.2. The standard InChI is InChI=1S/C14H13BrF2N2O/c1-8(13-10(16)4-3-5-11(13)17)18-14(20)12-6-9(15)7-19(12)2/h3-8H,1-2H3,(H,18,20). The van der Waals surface area contributed by atoms with Crippen molar-refractivity contribution >= 4 is 21.8 Å². The van der Waals surface area contributed by atoms with Crippen molar-refractivity contribution < 1.29 is 13.6 Å². The summed E-state index contributed by atoms with van der Waals surface area (Å²) in [6, 6.07) is 4.49. The second-order valence-electron chi connectivity index (χ2n) is 4.48. The monoisotopic (exact) mass is 342 g/mol. The highest BCUT2D eigenvalue weighted by Gasteiger charge is 2.20. The van der Waals surface area contributed by atoms with Gasteiger partial charge in [0, 0.05) is 23.3 Å². The molecule has 0 spiro atoms. The molecule has 1 unspecified atom stereocenters. The van der Waals surface area contributed by atoms with Gasteiger partial charge in [-0.2, -0.15) is 0 Å². The van der Waals surface area contributed by atoms with E-state index in [0.29, 0.717) is 5.69 Å². The third-order valence-corrected chi connectivity index (χ3v) is 3.42. The van der Waals surface area contributed by atoms with E-state index < -0.39 is 23.6 Å². The van der Waals surface area contributed by atoms with Crippen LogP contribution in [0.3, 0.4) is 0 Å². The molecule has 2 aromatic rings. The fourth-order valence-electron chi connectivity index (χ4n) is 2.02. The molecule has 0 fully saturated rings. The van der Waals surface area contributed by atoms with Gasteiger partial charge in [-0.1, -0.05) is 6.07 Å². The molecule has 1 atom stereocenters. The number of aromatic nitrogens is 1. The third-order valence-electron chi connectivity index (χ3n) is 2.98. The maximum atomic E-state index is 13.6. The number of hydrogen-bond acceptors (Lipinski definition) is 1. The maximum absolute atomic E-state index is 13.6. The average molecular weight is 343 g/mol. The van der Waals surface area contributed by atoms with Crippen molar-refractivity contribution in [3.05, 3.63) is 57.8 Å². The topological polar surface area (TPSA) is 34.0 Å². The largest absolute Gasteiger partial charge is 0.345 e. The van der Waals surface area contributed by atoms with E-state index in [1.807, 2.05) is 0 Å². The summed E-state index contributed by atoms with van der Waals surface area (Å²) in [6.45, 7) is 1.54. The second kappa shape index (κ2) is 5.75. The van der Waals surface area contributed by atoms with Crippen LogP contribution in [-0.2, 0) is 7.05 Å². The molecule has 1 N–H and O–H groups in total. The van der Waals surface area contributed by atoms with Crippen LogP contribution in [0.2, 0.25) is 0 Å². The van der Waals surface area contributed by atoms with Crippen molar-refractivity contribution in [2.24, 2.45) is 7.05 Å². The number of nitrogens with zero attached hydrogens (tertiary/aromatic N) is 1. The third kappa shape index (κ3) is 2.90. The second-order valence-corrected chi connectivity index (χ2v) is 5.40. The van der Waals surface area contributed by atoms with Gasteiger partial charge in [0.05, 0.1) is 6.04 Å². The zero-order valence-electron chi connectivity index (χ0n) is 11.0. The molecule has 2 rings (SSSR count). The number of halogens is 3. The highest BCUT2D eigenvalue weighted by Crippen LogP contribution is 2.21. The first-order valence-corrected chi connectivity index (χ1v) is 6.76. The van der Waals surface area contributed by atoms with Crippen LogP contribution < -0.4 is 5.32 Å². The molecule has 0 aliphatic heterocycles. The van der Waals surface area contributed by atoms with Crippen LogP contribution in [0.1, 0.15) is 29.0 Å². The summed E-state index contributed by atoms with van der Waals surface area (Å²) in [5.41, 5.74) is 0.259. The van der Waals surface area contributed by atoms with Gasteiger partial charge in [-0.25, -0.2) is 8.78 Å². The van der Waals surface area contributed by atoms with Crippen molar-refractivity contribution in [2.45, 2.75) is 13.0 Å². The number of rotatable bonds is 3. The first kappa shape index (κ1) is 14.7. The smallest absolute Gasteiger partial charge is 0.268 e. The molecule has 0 saturated heterocycles. The van der Waals surface area contributed by atoms with Crippen molar-refractivity contribution in [3.63, 3.8) is 0 Å². The Hall–Kier alpha value is -1.69. The minimum atomic E-state index is -0.766. The molecule has 1 heterocycles. The van der Waals surface area contributed by atoms with Crippen LogP contribution in [-0.4, -0.2) is 10.5 Å². The van der Waals surface area contributed by atoms with Crippen LogP contribution in [0.4, 0.5) is 8.78 Å². The number of amides is 1. The lowest BCUT2D eigenvalue weighted by Gasteiger charge is -2.16. The molecule has 6 heteroatoms. The SMILES string of the molecule is CC(NC(=O)c1cc(Br)cn1C)c1c(F)cccc1F. The summed E-state index contributed by atoms with van der Waals surface area (Å²) < 4.78 is 29.7. The van der Waals surface area contributed by atoms with Crippen molar-refractivity contribution in [3.8, 4) is 0 Å². The predicted molar refractivity (Wildman–Crippen MR) is 75.4 cm³/mol. The highest BCUT2D eigenvalue weighted by atomic mass is 79.9. The minimum Gasteiger partial charge on any atom is -0.345 e. The fraction of sp³-hybridized carbons (Fsp3) is 0.214. The van der Waals surface area contributed by atoms with Crippen LogP contribution in [0.15, 0.2) is 34.9 Å². The number of hydrogen-bond donors (Lipinski definition) is 1. The molecule has 0 aliphatic carbocycles. The van der Waals surface area contributed by atoms with Gasteiger partial charge < -0.3 is 9.88 Å². The Morgan fingerprint density at radius 3 is 2.45 bits per heavy atom. The first-order chi connectivity index (χ1) is 9.40. The van der Waals surface area contributed by atoms with Gasteiger partial charge >= 0.3 is 0 Å². The number of aryl methyl sites for hydroxylation is 1. The summed E-state index contributed by atoms with van der Waals surface area (Å²) in [5, 5.41) is 2.59. The highest BCUT2D eigenvalue weighted by molar-refractivity contribution is 9.10. The van der Waals surface area contributed by atoms with Gasteiger partial charge in [0.15, 0.2) is 0 Å². The van der Waals surface area contributed by atoms with E-state index in [2.05, 4.69) is 21.2 Å². The molecule has 1 amide bonds. The van der Waals surface area contributed by atoms with Crippen LogP contribution in [0.25, 0.3) is 0 Å². The van der Waals surface area contributed by atoms with Gasteiger partial charge in [-0.15, -0.1) is 0 Å². The van der Waals surface area contributed by atoms with E-state index >= 15 is 0 Å². The van der Waals surface area contributed by atoms with Gasteiger partial charge in [0.2, 0.25) is 0 Å². The Labute approximate surface area is 123 Å². The molecule has 3 nitrogen and oxygen atoms in total. The van der Waals surface area contributed by atoms with E-state index in [4.69, 9.17) is 0 Å². The van der Waals surface area contributed by atoms with E-state index in [9.17, 15) is 13.6 Å². The Balaban J connectivity index is 2.22. The number of benzene rings is 1. The van der Waals surface area contributed by atoms with Gasteiger partial charge in [-0.05, 0) is 41.1 Å². The van der Waals surface area contributed by atoms with E-state index in [1.165, 1.54) is 25.1 Å². The van der Waals surface area contributed by atoms with Crippen molar-refractivity contribution in [2.75, 3.05) is 0 Å². The van der Waals surface area contributed by atoms with Gasteiger partial charge in [-0.3, -0.25) is 4.79 Å². The Morgan fingerprint density at radius 2 is 1.95 bits per heavy atom. The molecular formula is C14H13BrF2N2O. The van der Waals surface area contributed by atoms with Crippen LogP contribution in [0, 0.1) is 11.6 Å². The summed E-state index contributed by atoms with van der Waals surface area (Å²) in [5.74, 6) is -1.75. The Kier molecular flexibility index (Phi) is 4.23. The minimum absolute atomic E-state index is 0.144. The van der Waals surface area contributed by atoms with Crippen LogP contribution >= 0.6 is 15.9 Å². The van der Waals surface area contributed by atoms with Crippen LogP contribution in [0.5, 0.6) is 0 Å². The number of carbonyl (C=O) groups excluding carboxylic acids is 1. The molecule has 0 saturated carbocycles. The predicted octanol–water partition coefficient (Wildman–Crippen LogP) is 3.56. The Morgan fingerprint density at radius 1 is 1.35 bits per heavy atom. The van der Waals surface area contributed by atoms with E-state index in [-0.39, 0.29) is 5.56 Å². The number of nitrogens with one attached hydrogen (secondary N) is 1. The molecule has 20 heavy (non-hydrogen) atoms. The van der Waals surface area contributed by atoms with E-state index in [1.54, 1.807) is 23.9 Å². The maximum Gasteiger partial charge on any atom is 0.268 e. The van der Waals surface area contributed by atoms with E-state index in [0.717, 1.165) is 4.47 Å². The molecule has 1 aromatic heterocycles. The van der Waals surface area contributed by atoms with Crippen molar-refractivity contribution in [1.29, 1.82) is 0 Å². The summed E-state index contributed by atoms with van der Waals surface area (Å²) >= 11 is 3.26. The number of carbonyl (C=O) groups is 1. The average Bonchev–Trinajstić information content (AvgIpc) is 2.68. The molecule has 0 bridgehead atoms. The fourth-order valence-corrected chi connectivity index (χ4v) is 2.54. The quantitative estimate of drug-likeness (QED) is 0.909. The summed E-state index contributed by atoms with van der Waals surface area (Å²) in [7, 11) is 1.72. The zero-order valence-corrected chi connectivity index (χ0v) is 12.5. The van der Waals surface area contributed by atoms with Gasteiger partial charge in [0.1, 0.15) is 17.3 Å². The lowest BCUT2D eigenvalue weighted by atomic mass is 10.1. The molecular weight excluding hydrogens is 330 g/mol. The van der Waals surface area contributed by atoms with Crippen molar-refractivity contribution in [1.82, 2.24) is 9.88 Å². The Bertz CT molecular complexity index is 634. The molecule has 0 radical (unpaired) electrons. The summed E-state index contributed by atoms with van der Waals surface area (Å²) in [6.07, 6.45) is 1.73.